The first kappa shape index (κ1) is 14.2. The summed E-state index contributed by atoms with van der Waals surface area (Å²) in [6, 6.07) is 16.1. The van der Waals surface area contributed by atoms with Gasteiger partial charge in [0.05, 0.1) is 16.6 Å². The largest absolute Gasteiger partial charge is 0.255 e. The minimum absolute atomic E-state index is 0.563. The van der Waals surface area contributed by atoms with Gasteiger partial charge in [-0.3, -0.25) is 4.21 Å². The van der Waals surface area contributed by atoms with Gasteiger partial charge in [0.2, 0.25) is 0 Å². The van der Waals surface area contributed by atoms with Crippen LogP contribution in [-0.4, -0.2) is 4.21 Å². The average molecular weight is 335 g/mol. The number of aryl methyl sites for hydroxylation is 1. The van der Waals surface area contributed by atoms with Crippen LogP contribution in [0.4, 0.5) is 0 Å². The van der Waals surface area contributed by atoms with Gasteiger partial charge in [-0.15, -0.1) is 0 Å². The summed E-state index contributed by atoms with van der Waals surface area (Å²) in [6.07, 6.45) is 1.90. The Labute approximate surface area is 125 Å². The van der Waals surface area contributed by atoms with Crippen LogP contribution in [0.3, 0.4) is 0 Å². The molecule has 0 heterocycles. The van der Waals surface area contributed by atoms with E-state index in [4.69, 9.17) is 0 Å². The maximum atomic E-state index is 12.0. The molecule has 0 amide bonds. The molecule has 0 N–H and O–H groups in total. The van der Waals surface area contributed by atoms with Crippen LogP contribution in [0.2, 0.25) is 0 Å². The van der Waals surface area contributed by atoms with Gasteiger partial charge in [0.25, 0.3) is 0 Å². The van der Waals surface area contributed by atoms with Crippen molar-refractivity contribution in [3.63, 3.8) is 0 Å². The van der Waals surface area contributed by atoms with E-state index in [2.05, 4.69) is 15.9 Å². The van der Waals surface area contributed by atoms with Crippen molar-refractivity contribution in [3.05, 3.63) is 75.1 Å². The Morgan fingerprint density at radius 1 is 1.05 bits per heavy atom. The van der Waals surface area contributed by atoms with Crippen molar-refractivity contribution >= 4 is 32.8 Å². The smallest absolute Gasteiger partial charge is 0.0526 e. The molecule has 2 aromatic carbocycles. The number of rotatable bonds is 4. The minimum Gasteiger partial charge on any atom is -0.255 e. The molecule has 0 spiro atoms. The molecule has 1 unspecified atom stereocenters. The molecule has 0 bridgehead atoms. The zero-order valence-corrected chi connectivity index (χ0v) is 13.1. The summed E-state index contributed by atoms with van der Waals surface area (Å²) in [5, 5.41) is 1.75. The number of hydrogen-bond acceptors (Lipinski definition) is 1. The zero-order valence-electron chi connectivity index (χ0n) is 10.7. The normalized spacial score (nSPS) is 12.7. The summed E-state index contributed by atoms with van der Waals surface area (Å²) in [6.45, 7) is 2.05. The van der Waals surface area contributed by atoms with Gasteiger partial charge < -0.3 is 0 Å². The second-order valence-electron chi connectivity index (χ2n) is 4.36. The molecule has 3 heteroatoms. The maximum Gasteiger partial charge on any atom is 0.0526 e. The second kappa shape index (κ2) is 6.83. The minimum atomic E-state index is -0.976. The fourth-order valence-electron chi connectivity index (χ4n) is 1.63. The summed E-state index contributed by atoms with van der Waals surface area (Å²) >= 11 is 3.39. The van der Waals surface area contributed by atoms with Crippen molar-refractivity contribution in [1.29, 1.82) is 0 Å². The van der Waals surface area contributed by atoms with Gasteiger partial charge in [-0.25, -0.2) is 0 Å². The van der Waals surface area contributed by atoms with E-state index in [1.807, 2.05) is 61.5 Å². The zero-order chi connectivity index (χ0) is 13.7. The Bertz CT molecular complexity index is 585. The van der Waals surface area contributed by atoms with E-state index in [9.17, 15) is 4.21 Å². The lowest BCUT2D eigenvalue weighted by Crippen LogP contribution is -1.91. The van der Waals surface area contributed by atoms with Crippen LogP contribution in [0, 0.1) is 6.92 Å². The fourth-order valence-corrected chi connectivity index (χ4v) is 2.82. The standard InChI is InChI=1S/C16H15BrOS/c1-13-2-4-15(5-3-13)12-19(18)11-10-14-6-8-16(17)9-7-14/h2-11H,12H2,1H3/b11-10+. The molecule has 19 heavy (non-hydrogen) atoms. The van der Waals surface area contributed by atoms with E-state index < -0.39 is 10.8 Å². The molecule has 2 rings (SSSR count). The van der Waals surface area contributed by atoms with Gasteiger partial charge >= 0.3 is 0 Å². The Kier molecular flexibility index (Phi) is 5.11. The van der Waals surface area contributed by atoms with Gasteiger partial charge in [-0.05, 0) is 36.3 Å². The lowest BCUT2D eigenvalue weighted by atomic mass is 10.2. The first-order valence-electron chi connectivity index (χ1n) is 6.00. The average Bonchev–Trinajstić information content (AvgIpc) is 2.41. The van der Waals surface area contributed by atoms with Crippen molar-refractivity contribution in [2.75, 3.05) is 0 Å². The molecule has 0 radical (unpaired) electrons. The van der Waals surface area contributed by atoms with Crippen LogP contribution in [0.1, 0.15) is 16.7 Å². The van der Waals surface area contributed by atoms with Crippen LogP contribution in [-0.2, 0) is 16.6 Å². The lowest BCUT2D eigenvalue weighted by Gasteiger charge is -1.99. The van der Waals surface area contributed by atoms with Gasteiger partial charge in [0, 0.05) is 9.88 Å². The monoisotopic (exact) mass is 334 g/mol. The number of halogens is 1. The molecular formula is C16H15BrOS. The van der Waals surface area contributed by atoms with Gasteiger partial charge in [-0.2, -0.15) is 0 Å². The van der Waals surface area contributed by atoms with Crippen LogP contribution < -0.4 is 0 Å². The Morgan fingerprint density at radius 3 is 2.32 bits per heavy atom. The van der Waals surface area contributed by atoms with E-state index in [0.717, 1.165) is 15.6 Å². The highest BCUT2D eigenvalue weighted by molar-refractivity contribution is 9.10. The molecule has 1 nitrogen and oxygen atoms in total. The van der Waals surface area contributed by atoms with Crippen molar-refractivity contribution in [2.45, 2.75) is 12.7 Å². The fraction of sp³-hybridized carbons (Fsp3) is 0.125. The molecule has 1 atom stereocenters. The molecule has 0 aliphatic heterocycles. The molecular weight excluding hydrogens is 320 g/mol. The highest BCUT2D eigenvalue weighted by atomic mass is 79.9. The topological polar surface area (TPSA) is 17.1 Å². The van der Waals surface area contributed by atoms with Crippen molar-refractivity contribution in [2.24, 2.45) is 0 Å². The summed E-state index contributed by atoms with van der Waals surface area (Å²) < 4.78 is 13.0. The van der Waals surface area contributed by atoms with Crippen LogP contribution in [0.15, 0.2) is 58.4 Å². The SMILES string of the molecule is Cc1ccc(CS(=O)/C=C/c2ccc(Br)cc2)cc1. The molecule has 0 saturated heterocycles. The molecule has 2 aromatic rings. The van der Waals surface area contributed by atoms with E-state index >= 15 is 0 Å². The van der Waals surface area contributed by atoms with Gasteiger partial charge in [-0.1, -0.05) is 57.9 Å². The molecule has 0 aliphatic rings. The van der Waals surface area contributed by atoms with Gasteiger partial charge in [0.1, 0.15) is 0 Å². The summed E-state index contributed by atoms with van der Waals surface area (Å²) in [4.78, 5) is 0. The van der Waals surface area contributed by atoms with Crippen LogP contribution >= 0.6 is 15.9 Å². The molecule has 0 saturated carbocycles. The molecule has 0 fully saturated rings. The van der Waals surface area contributed by atoms with Crippen molar-refractivity contribution in [3.8, 4) is 0 Å². The Hall–Kier alpha value is -1.19. The lowest BCUT2D eigenvalue weighted by molar-refractivity contribution is 0.688. The maximum absolute atomic E-state index is 12.0. The molecule has 98 valence electrons. The van der Waals surface area contributed by atoms with Gasteiger partial charge in [0.15, 0.2) is 0 Å². The number of benzene rings is 2. The molecule has 0 aliphatic carbocycles. The Balaban J connectivity index is 1.97. The van der Waals surface area contributed by atoms with E-state index in [0.29, 0.717) is 5.75 Å². The predicted molar refractivity (Wildman–Crippen MR) is 86.2 cm³/mol. The van der Waals surface area contributed by atoms with E-state index in [1.165, 1.54) is 5.56 Å². The summed E-state index contributed by atoms with van der Waals surface area (Å²) in [5.74, 6) is 0.563. The van der Waals surface area contributed by atoms with Crippen molar-refractivity contribution in [1.82, 2.24) is 0 Å². The predicted octanol–water partition coefficient (Wildman–Crippen LogP) is 4.68. The quantitative estimate of drug-likeness (QED) is 0.793. The van der Waals surface area contributed by atoms with Crippen LogP contribution in [0.25, 0.3) is 6.08 Å². The number of hydrogen-bond donors (Lipinski definition) is 0. The molecule has 0 aromatic heterocycles. The first-order chi connectivity index (χ1) is 9.13. The first-order valence-corrected chi connectivity index (χ1v) is 8.17. The third kappa shape index (κ3) is 4.77. The van der Waals surface area contributed by atoms with E-state index in [-0.39, 0.29) is 0 Å². The van der Waals surface area contributed by atoms with Crippen molar-refractivity contribution < 1.29 is 4.21 Å². The summed E-state index contributed by atoms with van der Waals surface area (Å²) in [7, 11) is -0.976. The third-order valence-corrected chi connectivity index (χ3v) is 4.30. The second-order valence-corrected chi connectivity index (χ2v) is 6.60. The Morgan fingerprint density at radius 2 is 1.68 bits per heavy atom. The highest BCUT2D eigenvalue weighted by Crippen LogP contribution is 2.12. The highest BCUT2D eigenvalue weighted by Gasteiger charge is 1.98. The third-order valence-electron chi connectivity index (χ3n) is 2.71. The van der Waals surface area contributed by atoms with Crippen LogP contribution in [0.5, 0.6) is 0 Å². The summed E-state index contributed by atoms with van der Waals surface area (Å²) in [5.41, 5.74) is 3.38. The van der Waals surface area contributed by atoms with E-state index in [1.54, 1.807) is 5.41 Å².